The molecule has 2 rings (SSSR count). The van der Waals surface area contributed by atoms with Crippen LogP contribution in [0.25, 0.3) is 0 Å². The van der Waals surface area contributed by atoms with E-state index >= 15 is 0 Å². The summed E-state index contributed by atoms with van der Waals surface area (Å²) in [6, 6.07) is 0.724. The van der Waals surface area contributed by atoms with E-state index in [1.165, 1.54) is 51.9 Å². The van der Waals surface area contributed by atoms with E-state index < -0.39 is 0 Å². The second kappa shape index (κ2) is 4.43. The van der Waals surface area contributed by atoms with Crippen molar-refractivity contribution in [1.82, 2.24) is 10.2 Å². The highest BCUT2D eigenvalue weighted by molar-refractivity contribution is 4.79. The molecule has 0 bridgehead atoms. The maximum Gasteiger partial charge on any atom is 0.00509 e. The Bertz CT molecular complexity index is 154. The summed E-state index contributed by atoms with van der Waals surface area (Å²) < 4.78 is 0. The molecular formula is C11H22N2. The molecule has 1 unspecified atom stereocenters. The van der Waals surface area contributed by atoms with Crippen LogP contribution in [-0.4, -0.2) is 37.1 Å². The molecule has 1 saturated heterocycles. The molecule has 0 aromatic carbocycles. The van der Waals surface area contributed by atoms with Crippen molar-refractivity contribution in [3.8, 4) is 0 Å². The minimum Gasteiger partial charge on any atom is -0.314 e. The van der Waals surface area contributed by atoms with Crippen LogP contribution in [0, 0.1) is 5.92 Å². The Balaban J connectivity index is 1.73. The van der Waals surface area contributed by atoms with Gasteiger partial charge in [0.15, 0.2) is 0 Å². The molecule has 0 spiro atoms. The Morgan fingerprint density at radius 3 is 2.85 bits per heavy atom. The zero-order valence-electron chi connectivity index (χ0n) is 8.76. The van der Waals surface area contributed by atoms with Gasteiger partial charge >= 0.3 is 0 Å². The molecule has 0 aromatic rings. The summed E-state index contributed by atoms with van der Waals surface area (Å²) in [5.74, 6) is 1.06. The van der Waals surface area contributed by atoms with Crippen LogP contribution in [-0.2, 0) is 0 Å². The quantitative estimate of drug-likeness (QED) is 0.695. The first-order valence-electron chi connectivity index (χ1n) is 5.80. The second-order valence-corrected chi connectivity index (χ2v) is 4.74. The number of rotatable bonds is 2. The van der Waals surface area contributed by atoms with Crippen molar-refractivity contribution >= 4 is 0 Å². The average Bonchev–Trinajstić information content (AvgIpc) is 2.88. The van der Waals surface area contributed by atoms with Crippen molar-refractivity contribution < 1.29 is 0 Å². The topological polar surface area (TPSA) is 15.3 Å². The molecule has 1 saturated carbocycles. The molecular weight excluding hydrogens is 160 g/mol. The van der Waals surface area contributed by atoms with E-state index in [0.29, 0.717) is 0 Å². The van der Waals surface area contributed by atoms with Crippen LogP contribution in [0.4, 0.5) is 0 Å². The molecule has 2 fully saturated rings. The van der Waals surface area contributed by atoms with E-state index in [4.69, 9.17) is 0 Å². The smallest absolute Gasteiger partial charge is 0.00509 e. The van der Waals surface area contributed by atoms with Crippen molar-refractivity contribution in [3.63, 3.8) is 0 Å². The molecule has 2 nitrogen and oxygen atoms in total. The lowest BCUT2D eigenvalue weighted by molar-refractivity contribution is 0.229. The highest BCUT2D eigenvalue weighted by atomic mass is 15.1. The molecule has 0 radical (unpaired) electrons. The molecule has 1 N–H and O–H groups in total. The van der Waals surface area contributed by atoms with E-state index in [2.05, 4.69) is 17.1 Å². The summed E-state index contributed by atoms with van der Waals surface area (Å²) >= 11 is 0. The summed E-state index contributed by atoms with van der Waals surface area (Å²) in [5, 5.41) is 3.55. The van der Waals surface area contributed by atoms with Crippen molar-refractivity contribution in [2.45, 2.75) is 38.6 Å². The van der Waals surface area contributed by atoms with Crippen molar-refractivity contribution in [2.24, 2.45) is 5.92 Å². The van der Waals surface area contributed by atoms with Crippen LogP contribution < -0.4 is 5.32 Å². The van der Waals surface area contributed by atoms with Crippen LogP contribution in [0.15, 0.2) is 0 Å². The fraction of sp³-hybridized carbons (Fsp3) is 1.00. The van der Waals surface area contributed by atoms with Crippen LogP contribution in [0.2, 0.25) is 0 Å². The van der Waals surface area contributed by atoms with Gasteiger partial charge in [-0.3, -0.25) is 0 Å². The molecule has 2 aliphatic rings. The lowest BCUT2D eigenvalue weighted by Crippen LogP contribution is -2.39. The van der Waals surface area contributed by atoms with Crippen LogP contribution in [0.5, 0.6) is 0 Å². The average molecular weight is 182 g/mol. The maximum absolute atomic E-state index is 3.55. The fourth-order valence-electron chi connectivity index (χ4n) is 2.09. The molecule has 0 aromatic heterocycles. The van der Waals surface area contributed by atoms with E-state index in [1.54, 1.807) is 0 Å². The van der Waals surface area contributed by atoms with Gasteiger partial charge in [-0.2, -0.15) is 0 Å². The number of hydrogen-bond donors (Lipinski definition) is 1. The molecule has 1 heterocycles. The summed E-state index contributed by atoms with van der Waals surface area (Å²) in [7, 11) is 0. The third-order valence-corrected chi connectivity index (χ3v) is 3.24. The van der Waals surface area contributed by atoms with Gasteiger partial charge in [-0.25, -0.2) is 0 Å². The lowest BCUT2D eigenvalue weighted by atomic mass is 10.1. The first kappa shape index (κ1) is 9.47. The Morgan fingerprint density at radius 2 is 2.08 bits per heavy atom. The van der Waals surface area contributed by atoms with Gasteiger partial charge in [-0.15, -0.1) is 0 Å². The van der Waals surface area contributed by atoms with E-state index in [0.717, 1.165) is 12.0 Å². The summed E-state index contributed by atoms with van der Waals surface area (Å²) in [6.45, 7) is 7.52. The summed E-state index contributed by atoms with van der Waals surface area (Å²) in [6.07, 6.45) is 5.64. The minimum atomic E-state index is 0.724. The molecule has 1 atom stereocenters. The van der Waals surface area contributed by atoms with Crippen molar-refractivity contribution in [1.29, 1.82) is 0 Å². The van der Waals surface area contributed by atoms with Crippen molar-refractivity contribution in [3.05, 3.63) is 0 Å². The number of hydrogen-bond acceptors (Lipinski definition) is 2. The predicted octanol–water partition coefficient (Wildman–Crippen LogP) is 1.47. The van der Waals surface area contributed by atoms with Gasteiger partial charge in [-0.1, -0.05) is 0 Å². The number of nitrogens with zero attached hydrogens (tertiary/aromatic N) is 1. The number of nitrogens with one attached hydrogen (secondary N) is 1. The highest BCUT2D eigenvalue weighted by Crippen LogP contribution is 2.29. The molecule has 1 aliphatic heterocycles. The minimum absolute atomic E-state index is 0.724. The van der Waals surface area contributed by atoms with Crippen LogP contribution in [0.1, 0.15) is 32.6 Å². The van der Waals surface area contributed by atoms with E-state index in [1.807, 2.05) is 0 Å². The summed E-state index contributed by atoms with van der Waals surface area (Å²) in [5.41, 5.74) is 0. The van der Waals surface area contributed by atoms with E-state index in [-0.39, 0.29) is 0 Å². The zero-order chi connectivity index (χ0) is 9.10. The summed E-state index contributed by atoms with van der Waals surface area (Å²) in [4.78, 5) is 2.68. The third-order valence-electron chi connectivity index (χ3n) is 3.24. The Kier molecular flexibility index (Phi) is 3.23. The van der Waals surface area contributed by atoms with Crippen LogP contribution >= 0.6 is 0 Å². The predicted molar refractivity (Wildman–Crippen MR) is 55.9 cm³/mol. The van der Waals surface area contributed by atoms with Gasteiger partial charge in [-0.05, 0) is 58.2 Å². The molecule has 13 heavy (non-hydrogen) atoms. The zero-order valence-corrected chi connectivity index (χ0v) is 8.76. The maximum atomic E-state index is 3.55. The first-order valence-corrected chi connectivity index (χ1v) is 5.80. The van der Waals surface area contributed by atoms with Gasteiger partial charge in [0.05, 0.1) is 0 Å². The largest absolute Gasteiger partial charge is 0.314 e. The monoisotopic (exact) mass is 182 g/mol. The third kappa shape index (κ3) is 3.28. The SMILES string of the molecule is CC1CCN(CC2CC2)CCCN1. The Labute approximate surface area is 81.7 Å². The van der Waals surface area contributed by atoms with Gasteiger partial charge in [0.2, 0.25) is 0 Å². The highest BCUT2D eigenvalue weighted by Gasteiger charge is 2.24. The Morgan fingerprint density at radius 1 is 1.23 bits per heavy atom. The van der Waals surface area contributed by atoms with Gasteiger partial charge in [0.25, 0.3) is 0 Å². The molecule has 1 aliphatic carbocycles. The fourth-order valence-corrected chi connectivity index (χ4v) is 2.09. The van der Waals surface area contributed by atoms with Crippen molar-refractivity contribution in [2.75, 3.05) is 26.2 Å². The molecule has 2 heteroatoms. The Hall–Kier alpha value is -0.0800. The normalized spacial score (nSPS) is 32.5. The second-order valence-electron chi connectivity index (χ2n) is 4.74. The van der Waals surface area contributed by atoms with Gasteiger partial charge < -0.3 is 10.2 Å². The van der Waals surface area contributed by atoms with E-state index in [9.17, 15) is 0 Å². The van der Waals surface area contributed by atoms with Crippen LogP contribution in [0.3, 0.4) is 0 Å². The standard InChI is InChI=1S/C11H22N2/c1-10-5-8-13(7-2-6-12-10)9-11-3-4-11/h10-12H,2-9H2,1H3. The van der Waals surface area contributed by atoms with Gasteiger partial charge in [0, 0.05) is 12.6 Å². The first-order chi connectivity index (χ1) is 6.34. The van der Waals surface area contributed by atoms with Gasteiger partial charge in [0.1, 0.15) is 0 Å². The lowest BCUT2D eigenvalue weighted by Gasteiger charge is -2.27. The molecule has 76 valence electrons. The molecule has 0 amide bonds.